The van der Waals surface area contributed by atoms with Gasteiger partial charge in [-0.3, -0.25) is 4.79 Å². The van der Waals surface area contributed by atoms with Gasteiger partial charge < -0.3 is 24.1 Å². The molecule has 5 rings (SSSR count). The molecule has 1 aliphatic heterocycles. The molecule has 1 aromatic heterocycles. The number of fused-ring (bicyclic) bond motifs is 2. The monoisotopic (exact) mass is 448 g/mol. The Morgan fingerprint density at radius 2 is 1.82 bits per heavy atom. The van der Waals surface area contributed by atoms with Gasteiger partial charge in [0.1, 0.15) is 17.1 Å². The smallest absolute Gasteiger partial charge is 0.346 e. The summed E-state index contributed by atoms with van der Waals surface area (Å²) in [5.41, 5.74) is 3.99. The molecule has 1 fully saturated rings. The summed E-state index contributed by atoms with van der Waals surface area (Å²) in [5.74, 6) is 0.0945. The highest BCUT2D eigenvalue weighted by Gasteiger charge is 2.41. The molecule has 172 valence electrons. The number of nitrogens with one attached hydrogen (secondary N) is 1. The summed E-state index contributed by atoms with van der Waals surface area (Å²) < 4.78 is 16.0. The lowest BCUT2D eigenvalue weighted by Crippen LogP contribution is -2.50. The molecular formula is C26H28N2O5. The molecule has 3 aromatic rings. The summed E-state index contributed by atoms with van der Waals surface area (Å²) in [6.07, 6.45) is 3.84. The van der Waals surface area contributed by atoms with Gasteiger partial charge in [-0.2, -0.15) is 0 Å². The number of methoxy groups -OCH3 is 2. The summed E-state index contributed by atoms with van der Waals surface area (Å²) in [5, 5.41) is 1.30. The zero-order valence-electron chi connectivity index (χ0n) is 19.1. The van der Waals surface area contributed by atoms with E-state index in [1.165, 1.54) is 30.7 Å². The third kappa shape index (κ3) is 3.66. The number of ketones is 1. The van der Waals surface area contributed by atoms with Gasteiger partial charge in [0.25, 0.3) is 0 Å². The highest BCUT2D eigenvalue weighted by atomic mass is 16.5. The molecule has 2 aromatic carbocycles. The second-order valence-electron chi connectivity index (χ2n) is 8.91. The highest BCUT2D eigenvalue weighted by Crippen LogP contribution is 2.44. The van der Waals surface area contributed by atoms with E-state index in [1.54, 1.807) is 18.2 Å². The summed E-state index contributed by atoms with van der Waals surface area (Å²) in [6.45, 7) is 0.390. The molecule has 0 saturated carbocycles. The lowest BCUT2D eigenvalue weighted by atomic mass is 9.72. The molecule has 33 heavy (non-hydrogen) atoms. The zero-order valence-corrected chi connectivity index (χ0v) is 19.1. The summed E-state index contributed by atoms with van der Waals surface area (Å²) in [4.78, 5) is 31.6. The number of nitrogens with zero attached hydrogens (tertiary/aromatic N) is 1. The summed E-state index contributed by atoms with van der Waals surface area (Å²) in [6, 6.07) is 11.8. The van der Waals surface area contributed by atoms with Gasteiger partial charge in [-0.05, 0) is 49.2 Å². The summed E-state index contributed by atoms with van der Waals surface area (Å²) in [7, 11) is 5.04. The highest BCUT2D eigenvalue weighted by molar-refractivity contribution is 5.97. The Labute approximate surface area is 192 Å². The molecule has 2 aliphatic rings. The molecule has 1 N–H and O–H groups in total. The molecule has 0 amide bonds. The third-order valence-electron chi connectivity index (χ3n) is 7.16. The predicted molar refractivity (Wildman–Crippen MR) is 124 cm³/mol. The first-order valence-corrected chi connectivity index (χ1v) is 11.2. The minimum absolute atomic E-state index is 0.0606. The van der Waals surface area contributed by atoms with Crippen molar-refractivity contribution in [1.29, 1.82) is 0 Å². The van der Waals surface area contributed by atoms with Crippen LogP contribution in [0.4, 0.5) is 0 Å². The number of aromatic amines is 1. The standard InChI is InChI=1S/C26H28N2O5/c1-28-13-16(10-18-17-6-4-7-19-24(17)15(12-27-19)11-20(18)28)21(29)14-33-26(30)25-22(31-2)8-5-9-23(25)32-3/h4-9,12,16,18,20,27H,10-11,13-14H2,1-3H3/t16?,18-,20-/m1/s1. The molecule has 3 atom stereocenters. The van der Waals surface area contributed by atoms with E-state index < -0.39 is 5.97 Å². The number of piperidine rings is 1. The maximum absolute atomic E-state index is 13.1. The van der Waals surface area contributed by atoms with Crippen LogP contribution in [-0.4, -0.2) is 62.1 Å². The number of hydrogen-bond donors (Lipinski definition) is 1. The minimum Gasteiger partial charge on any atom is -0.496 e. The molecule has 7 heteroatoms. The normalized spacial score (nSPS) is 22.0. The fourth-order valence-electron chi connectivity index (χ4n) is 5.55. The lowest BCUT2D eigenvalue weighted by Gasteiger charge is -2.45. The number of H-pyrrole nitrogens is 1. The van der Waals surface area contributed by atoms with Crippen LogP contribution in [0.25, 0.3) is 10.9 Å². The number of benzene rings is 2. The van der Waals surface area contributed by atoms with Crippen LogP contribution in [0.1, 0.15) is 33.8 Å². The summed E-state index contributed by atoms with van der Waals surface area (Å²) >= 11 is 0. The van der Waals surface area contributed by atoms with E-state index >= 15 is 0 Å². The van der Waals surface area contributed by atoms with E-state index in [0.29, 0.717) is 24.1 Å². The van der Waals surface area contributed by atoms with Crippen molar-refractivity contribution >= 4 is 22.7 Å². The van der Waals surface area contributed by atoms with Crippen LogP contribution in [0, 0.1) is 5.92 Å². The van der Waals surface area contributed by atoms with Crippen molar-refractivity contribution in [2.75, 3.05) is 34.4 Å². The number of carbonyl (C=O) groups excluding carboxylic acids is 2. The van der Waals surface area contributed by atoms with Crippen molar-refractivity contribution in [2.45, 2.75) is 24.8 Å². The Bertz CT molecular complexity index is 1190. The van der Waals surface area contributed by atoms with Crippen LogP contribution in [0.5, 0.6) is 11.5 Å². The van der Waals surface area contributed by atoms with Gasteiger partial charge in [-0.15, -0.1) is 0 Å². The molecule has 1 aliphatic carbocycles. The second-order valence-corrected chi connectivity index (χ2v) is 8.91. The van der Waals surface area contributed by atoms with E-state index in [-0.39, 0.29) is 29.8 Å². The van der Waals surface area contributed by atoms with Gasteiger partial charge in [-0.25, -0.2) is 4.79 Å². The Morgan fingerprint density at radius 3 is 2.55 bits per heavy atom. The number of Topliss-reactive ketones (excluding diaryl/α,β-unsaturated/α-hetero) is 1. The van der Waals surface area contributed by atoms with Gasteiger partial charge >= 0.3 is 5.97 Å². The average Bonchev–Trinajstić information content (AvgIpc) is 3.26. The van der Waals surface area contributed by atoms with Crippen molar-refractivity contribution in [3.8, 4) is 11.5 Å². The molecule has 0 spiro atoms. The molecular weight excluding hydrogens is 420 g/mol. The van der Waals surface area contributed by atoms with Crippen LogP contribution in [0.3, 0.4) is 0 Å². The number of carbonyl (C=O) groups is 2. The maximum atomic E-state index is 13.1. The molecule has 2 heterocycles. The fourth-order valence-corrected chi connectivity index (χ4v) is 5.55. The van der Waals surface area contributed by atoms with E-state index in [4.69, 9.17) is 14.2 Å². The van der Waals surface area contributed by atoms with Crippen molar-refractivity contribution in [1.82, 2.24) is 9.88 Å². The third-order valence-corrected chi connectivity index (χ3v) is 7.16. The number of likely N-dealkylation sites (N-methyl/N-ethyl adjacent to an activating group) is 1. The first-order chi connectivity index (χ1) is 16.0. The number of rotatable bonds is 6. The minimum atomic E-state index is -0.626. The number of likely N-dealkylation sites (tertiary alicyclic amines) is 1. The lowest BCUT2D eigenvalue weighted by molar-refractivity contribution is -0.128. The number of hydrogen-bond acceptors (Lipinski definition) is 6. The Kier molecular flexibility index (Phi) is 5.58. The number of esters is 1. The Morgan fingerprint density at radius 1 is 1.09 bits per heavy atom. The van der Waals surface area contributed by atoms with Crippen molar-refractivity contribution in [3.05, 3.63) is 59.3 Å². The van der Waals surface area contributed by atoms with Crippen molar-refractivity contribution in [3.63, 3.8) is 0 Å². The SMILES string of the molecule is COc1cccc(OC)c1C(=O)OCC(=O)C1C[C@@H]2c3cccc4[nH]cc(c34)C[C@H]2N(C)C1. The molecule has 1 saturated heterocycles. The molecule has 0 bridgehead atoms. The predicted octanol–water partition coefficient (Wildman–Crippen LogP) is 3.57. The second kappa shape index (κ2) is 8.56. The van der Waals surface area contributed by atoms with E-state index in [0.717, 1.165) is 18.4 Å². The van der Waals surface area contributed by atoms with E-state index in [2.05, 4.69) is 41.3 Å². The van der Waals surface area contributed by atoms with Crippen LogP contribution < -0.4 is 9.47 Å². The first kappa shape index (κ1) is 21.5. The first-order valence-electron chi connectivity index (χ1n) is 11.2. The fraction of sp³-hybridized carbons (Fsp3) is 0.385. The van der Waals surface area contributed by atoms with Gasteiger partial charge in [-0.1, -0.05) is 18.2 Å². The van der Waals surface area contributed by atoms with Gasteiger partial charge in [0.2, 0.25) is 0 Å². The topological polar surface area (TPSA) is 80.9 Å². The molecule has 0 radical (unpaired) electrons. The van der Waals surface area contributed by atoms with Crippen molar-refractivity contribution in [2.24, 2.45) is 5.92 Å². The maximum Gasteiger partial charge on any atom is 0.346 e. The van der Waals surface area contributed by atoms with Gasteiger partial charge in [0.15, 0.2) is 12.4 Å². The van der Waals surface area contributed by atoms with Crippen LogP contribution in [0.15, 0.2) is 42.6 Å². The van der Waals surface area contributed by atoms with Crippen LogP contribution in [-0.2, 0) is 16.0 Å². The number of aromatic nitrogens is 1. The van der Waals surface area contributed by atoms with Gasteiger partial charge in [0.05, 0.1) is 14.2 Å². The van der Waals surface area contributed by atoms with E-state index in [1.807, 2.05) is 0 Å². The van der Waals surface area contributed by atoms with Gasteiger partial charge in [0, 0.05) is 41.5 Å². The van der Waals surface area contributed by atoms with Crippen LogP contribution in [0.2, 0.25) is 0 Å². The molecule has 7 nitrogen and oxygen atoms in total. The molecule has 1 unspecified atom stereocenters. The number of ether oxygens (including phenoxy) is 3. The zero-order chi connectivity index (χ0) is 23.1. The quantitative estimate of drug-likeness (QED) is 0.581. The van der Waals surface area contributed by atoms with Crippen LogP contribution >= 0.6 is 0 Å². The Balaban J connectivity index is 1.32. The van der Waals surface area contributed by atoms with E-state index in [9.17, 15) is 9.59 Å². The average molecular weight is 449 g/mol. The Hall–Kier alpha value is -3.32. The van der Waals surface area contributed by atoms with Crippen molar-refractivity contribution < 1.29 is 23.8 Å². The largest absolute Gasteiger partial charge is 0.496 e.